The Kier molecular flexibility index (Phi) is 4.25. The second-order valence-electron chi connectivity index (χ2n) is 8.04. The van der Waals surface area contributed by atoms with Crippen molar-refractivity contribution in [2.24, 2.45) is 17.6 Å². The molecule has 3 aliphatic rings. The summed E-state index contributed by atoms with van der Waals surface area (Å²) in [4.78, 5) is 14.5. The Morgan fingerprint density at radius 1 is 1.21 bits per heavy atom. The zero-order valence-corrected chi connectivity index (χ0v) is 14.3. The van der Waals surface area contributed by atoms with Gasteiger partial charge >= 0.3 is 0 Å². The summed E-state index contributed by atoms with van der Waals surface area (Å²) >= 11 is 0. The number of rotatable bonds is 5. The number of phenolic OH excluding ortho intramolecular Hbond substituents is 1. The van der Waals surface area contributed by atoms with Crippen molar-refractivity contribution in [3.8, 4) is 5.75 Å². The van der Waals surface area contributed by atoms with E-state index in [4.69, 9.17) is 5.73 Å². The summed E-state index contributed by atoms with van der Waals surface area (Å²) in [6.45, 7) is 0.741. The van der Waals surface area contributed by atoms with E-state index in [-0.39, 0.29) is 11.9 Å². The minimum atomic E-state index is -0.203. The molecular formula is C20H28N2O2. The topological polar surface area (TPSA) is 66.6 Å². The van der Waals surface area contributed by atoms with Crippen molar-refractivity contribution >= 4 is 5.91 Å². The SMILES string of the molecule is NC(=O)[C@H]1Cc2ccc(O)cc2CN1[C@H](CC1CCCC1)C1CC1. The summed E-state index contributed by atoms with van der Waals surface area (Å²) in [5.74, 6) is 1.65. The van der Waals surface area contributed by atoms with Gasteiger partial charge in [-0.2, -0.15) is 0 Å². The molecule has 0 bridgehead atoms. The zero-order valence-electron chi connectivity index (χ0n) is 14.3. The number of phenols is 1. The number of carbonyl (C=O) groups is 1. The van der Waals surface area contributed by atoms with E-state index in [1.807, 2.05) is 12.1 Å². The predicted octanol–water partition coefficient (Wildman–Crippen LogP) is 2.96. The van der Waals surface area contributed by atoms with Crippen LogP contribution >= 0.6 is 0 Å². The number of primary amides is 1. The summed E-state index contributed by atoms with van der Waals surface area (Å²) in [6, 6.07) is 5.79. The molecular weight excluding hydrogens is 300 g/mol. The van der Waals surface area contributed by atoms with Crippen LogP contribution in [0.3, 0.4) is 0 Å². The van der Waals surface area contributed by atoms with Crippen LogP contribution in [0.25, 0.3) is 0 Å². The Hall–Kier alpha value is -1.55. The van der Waals surface area contributed by atoms with Gasteiger partial charge in [0, 0.05) is 12.6 Å². The Labute approximate surface area is 144 Å². The molecule has 1 aliphatic heterocycles. The predicted molar refractivity (Wildman–Crippen MR) is 93.4 cm³/mol. The average molecular weight is 328 g/mol. The smallest absolute Gasteiger partial charge is 0.235 e. The second-order valence-corrected chi connectivity index (χ2v) is 8.04. The van der Waals surface area contributed by atoms with Crippen molar-refractivity contribution in [2.75, 3.05) is 0 Å². The highest BCUT2D eigenvalue weighted by Crippen LogP contribution is 2.43. The first-order chi connectivity index (χ1) is 11.6. The van der Waals surface area contributed by atoms with Gasteiger partial charge in [-0.05, 0) is 60.8 Å². The Morgan fingerprint density at radius 2 is 1.96 bits per heavy atom. The Morgan fingerprint density at radius 3 is 2.62 bits per heavy atom. The van der Waals surface area contributed by atoms with Gasteiger partial charge < -0.3 is 10.8 Å². The van der Waals surface area contributed by atoms with Gasteiger partial charge in [0.15, 0.2) is 0 Å². The lowest BCUT2D eigenvalue weighted by Gasteiger charge is -2.41. The van der Waals surface area contributed by atoms with Crippen molar-refractivity contribution in [3.63, 3.8) is 0 Å². The lowest BCUT2D eigenvalue weighted by molar-refractivity contribution is -0.125. The van der Waals surface area contributed by atoms with Crippen molar-refractivity contribution < 1.29 is 9.90 Å². The third-order valence-corrected chi connectivity index (χ3v) is 6.33. The second kappa shape index (κ2) is 6.40. The maximum atomic E-state index is 12.2. The standard InChI is InChI=1S/C20H28N2O2/c21-20(24)19-11-15-7-8-17(23)10-16(15)12-22(19)18(14-5-6-14)9-13-3-1-2-4-13/h7-8,10,13-14,18-19,23H,1-6,9,11-12H2,(H2,21,24)/t18-,19-/m1/s1. The molecule has 1 aromatic rings. The number of benzene rings is 1. The number of nitrogens with zero attached hydrogens (tertiary/aromatic N) is 1. The average Bonchev–Trinajstić information content (AvgIpc) is 3.27. The van der Waals surface area contributed by atoms with Gasteiger partial charge in [-0.15, -0.1) is 0 Å². The lowest BCUT2D eigenvalue weighted by Crippen LogP contribution is -2.53. The first-order valence-corrected chi connectivity index (χ1v) is 9.47. The molecule has 0 spiro atoms. The van der Waals surface area contributed by atoms with Gasteiger partial charge in [0.2, 0.25) is 5.91 Å². The van der Waals surface area contributed by atoms with E-state index < -0.39 is 0 Å². The fraction of sp³-hybridized carbons (Fsp3) is 0.650. The molecule has 1 heterocycles. The van der Waals surface area contributed by atoms with Crippen LogP contribution in [0.1, 0.15) is 56.1 Å². The minimum absolute atomic E-state index is 0.200. The van der Waals surface area contributed by atoms with Gasteiger partial charge in [0.05, 0.1) is 6.04 Å². The van der Waals surface area contributed by atoms with Gasteiger partial charge in [-0.3, -0.25) is 9.69 Å². The maximum absolute atomic E-state index is 12.2. The molecule has 0 unspecified atom stereocenters. The van der Waals surface area contributed by atoms with E-state index in [0.29, 0.717) is 18.2 Å². The van der Waals surface area contributed by atoms with Crippen LogP contribution in [0.15, 0.2) is 18.2 Å². The van der Waals surface area contributed by atoms with E-state index in [1.54, 1.807) is 6.07 Å². The molecule has 1 aromatic carbocycles. The molecule has 0 aromatic heterocycles. The van der Waals surface area contributed by atoms with Crippen LogP contribution in [0, 0.1) is 11.8 Å². The summed E-state index contributed by atoms with van der Waals surface area (Å²) in [5, 5.41) is 9.83. The largest absolute Gasteiger partial charge is 0.508 e. The number of hydrogen-bond donors (Lipinski definition) is 2. The summed E-state index contributed by atoms with van der Waals surface area (Å²) in [7, 11) is 0. The van der Waals surface area contributed by atoms with Gasteiger partial charge in [-0.25, -0.2) is 0 Å². The quantitative estimate of drug-likeness (QED) is 0.873. The lowest BCUT2D eigenvalue weighted by atomic mass is 9.87. The number of aromatic hydroxyl groups is 1. The minimum Gasteiger partial charge on any atom is -0.508 e. The fourth-order valence-corrected chi connectivity index (χ4v) is 4.87. The Balaban J connectivity index is 1.60. The van der Waals surface area contributed by atoms with Crippen molar-refractivity contribution in [1.29, 1.82) is 0 Å². The summed E-state index contributed by atoms with van der Waals surface area (Å²) in [5.41, 5.74) is 8.09. The molecule has 1 amide bonds. The number of hydrogen-bond acceptors (Lipinski definition) is 3. The van der Waals surface area contributed by atoms with Crippen LogP contribution in [-0.2, 0) is 17.8 Å². The maximum Gasteiger partial charge on any atom is 0.235 e. The molecule has 4 rings (SSSR count). The van der Waals surface area contributed by atoms with E-state index >= 15 is 0 Å². The van der Waals surface area contributed by atoms with E-state index in [2.05, 4.69) is 4.90 Å². The van der Waals surface area contributed by atoms with Crippen LogP contribution in [0.2, 0.25) is 0 Å². The van der Waals surface area contributed by atoms with E-state index in [0.717, 1.165) is 29.5 Å². The molecule has 2 atom stereocenters. The first-order valence-electron chi connectivity index (χ1n) is 9.47. The van der Waals surface area contributed by atoms with E-state index in [1.165, 1.54) is 44.9 Å². The normalized spacial score (nSPS) is 26.2. The molecule has 3 N–H and O–H groups in total. The monoisotopic (exact) mass is 328 g/mol. The number of nitrogens with two attached hydrogens (primary N) is 1. The number of carbonyl (C=O) groups excluding carboxylic acids is 1. The first kappa shape index (κ1) is 15.9. The van der Waals surface area contributed by atoms with Gasteiger partial charge in [0.25, 0.3) is 0 Å². The molecule has 2 fully saturated rings. The molecule has 24 heavy (non-hydrogen) atoms. The van der Waals surface area contributed by atoms with Crippen LogP contribution in [0.5, 0.6) is 5.75 Å². The highest BCUT2D eigenvalue weighted by atomic mass is 16.3. The zero-order chi connectivity index (χ0) is 16.7. The third kappa shape index (κ3) is 3.16. The molecule has 2 saturated carbocycles. The summed E-state index contributed by atoms with van der Waals surface area (Å²) in [6.07, 6.45) is 9.86. The van der Waals surface area contributed by atoms with Gasteiger partial charge in [0.1, 0.15) is 5.75 Å². The van der Waals surface area contributed by atoms with Crippen LogP contribution in [0.4, 0.5) is 0 Å². The molecule has 0 radical (unpaired) electrons. The fourth-order valence-electron chi connectivity index (χ4n) is 4.87. The van der Waals surface area contributed by atoms with Crippen molar-refractivity contribution in [1.82, 2.24) is 4.90 Å². The van der Waals surface area contributed by atoms with Crippen LogP contribution in [-0.4, -0.2) is 28.0 Å². The van der Waals surface area contributed by atoms with Gasteiger partial charge in [-0.1, -0.05) is 31.7 Å². The molecule has 4 heteroatoms. The highest BCUT2D eigenvalue weighted by Gasteiger charge is 2.42. The number of fused-ring (bicyclic) bond motifs is 1. The molecule has 0 saturated heterocycles. The molecule has 4 nitrogen and oxygen atoms in total. The molecule has 2 aliphatic carbocycles. The van der Waals surface area contributed by atoms with Crippen molar-refractivity contribution in [3.05, 3.63) is 29.3 Å². The Bertz CT molecular complexity index is 620. The van der Waals surface area contributed by atoms with E-state index in [9.17, 15) is 9.90 Å². The van der Waals surface area contributed by atoms with Crippen LogP contribution < -0.4 is 5.73 Å². The highest BCUT2D eigenvalue weighted by molar-refractivity contribution is 5.80. The summed E-state index contributed by atoms with van der Waals surface area (Å²) < 4.78 is 0. The number of amides is 1. The third-order valence-electron chi connectivity index (χ3n) is 6.33. The molecule has 130 valence electrons. The van der Waals surface area contributed by atoms with Crippen molar-refractivity contribution in [2.45, 2.75) is 70.0 Å².